The third-order valence-corrected chi connectivity index (χ3v) is 5.79. The minimum Gasteiger partial charge on any atom is -0.463 e. The highest BCUT2D eigenvalue weighted by molar-refractivity contribution is 8.02. The molecule has 1 saturated heterocycles. The summed E-state index contributed by atoms with van der Waals surface area (Å²) in [5.74, 6) is -1.15. The Morgan fingerprint density at radius 2 is 2.19 bits per heavy atom. The maximum atomic E-state index is 12.9. The molecule has 0 aliphatic carbocycles. The predicted octanol–water partition coefficient (Wildman–Crippen LogP) is 1.51. The Balaban J connectivity index is 1.92. The van der Waals surface area contributed by atoms with Gasteiger partial charge in [-0.1, -0.05) is 17.8 Å². The van der Waals surface area contributed by atoms with Crippen LogP contribution in [0.5, 0.6) is 0 Å². The summed E-state index contributed by atoms with van der Waals surface area (Å²) in [6, 6.07) is 5.65. The summed E-state index contributed by atoms with van der Waals surface area (Å²) in [7, 11) is 0. The molecule has 1 amide bonds. The Morgan fingerprint density at radius 1 is 1.46 bits per heavy atom. The lowest BCUT2D eigenvalue weighted by Crippen LogP contribution is -2.64. The Labute approximate surface area is 161 Å². The van der Waals surface area contributed by atoms with Crippen molar-refractivity contribution in [2.45, 2.75) is 23.6 Å². The number of hydrogen-bond donors (Lipinski definition) is 2. The molecule has 26 heavy (non-hydrogen) atoms. The third-order valence-electron chi connectivity index (χ3n) is 4.11. The first-order chi connectivity index (χ1) is 12.5. The normalized spacial score (nSPS) is 22.2. The quantitative estimate of drug-likeness (QED) is 0.453. The summed E-state index contributed by atoms with van der Waals surface area (Å²) >= 11 is 6.59. The SMILES string of the molecule is CCOC(=O)[C@]1(NC(=S)N2CCOCC2)Sc2cc(C)ccc2NC1=O. The third kappa shape index (κ3) is 3.65. The highest BCUT2D eigenvalue weighted by Crippen LogP contribution is 2.42. The van der Waals surface area contributed by atoms with Crippen molar-refractivity contribution < 1.29 is 19.1 Å². The number of thiocarbonyl (C=S) groups is 1. The van der Waals surface area contributed by atoms with Crippen molar-refractivity contribution in [1.29, 1.82) is 0 Å². The molecule has 0 unspecified atom stereocenters. The number of ether oxygens (including phenoxy) is 2. The molecule has 1 aromatic carbocycles. The van der Waals surface area contributed by atoms with Gasteiger partial charge in [-0.25, -0.2) is 4.79 Å². The van der Waals surface area contributed by atoms with Gasteiger partial charge in [0, 0.05) is 18.0 Å². The number of aryl methyl sites for hydroxylation is 1. The van der Waals surface area contributed by atoms with Crippen molar-refractivity contribution in [3.05, 3.63) is 23.8 Å². The largest absolute Gasteiger partial charge is 0.463 e. The van der Waals surface area contributed by atoms with Crippen LogP contribution >= 0.6 is 24.0 Å². The molecule has 140 valence electrons. The van der Waals surface area contributed by atoms with Crippen LogP contribution in [0, 0.1) is 6.92 Å². The van der Waals surface area contributed by atoms with Crippen LogP contribution in [-0.4, -0.2) is 59.7 Å². The second-order valence-corrected chi connectivity index (χ2v) is 7.63. The summed E-state index contributed by atoms with van der Waals surface area (Å²) in [5, 5.41) is 6.11. The minimum absolute atomic E-state index is 0.168. The Hall–Kier alpha value is -1.84. The molecule has 0 spiro atoms. The van der Waals surface area contributed by atoms with Crippen molar-refractivity contribution in [2.75, 3.05) is 38.2 Å². The van der Waals surface area contributed by atoms with Crippen LogP contribution in [0.25, 0.3) is 0 Å². The number of carbonyl (C=O) groups excluding carboxylic acids is 2. The van der Waals surface area contributed by atoms with Gasteiger partial charge in [0.05, 0.1) is 25.5 Å². The van der Waals surface area contributed by atoms with Crippen LogP contribution in [0.2, 0.25) is 0 Å². The molecule has 1 atom stereocenters. The van der Waals surface area contributed by atoms with Crippen LogP contribution < -0.4 is 10.6 Å². The van der Waals surface area contributed by atoms with Gasteiger partial charge < -0.3 is 25.0 Å². The number of nitrogens with one attached hydrogen (secondary N) is 2. The van der Waals surface area contributed by atoms with Gasteiger partial charge in [-0.15, -0.1) is 0 Å². The molecule has 2 aliphatic heterocycles. The van der Waals surface area contributed by atoms with Crippen LogP contribution in [0.1, 0.15) is 12.5 Å². The zero-order chi connectivity index (χ0) is 18.7. The fourth-order valence-corrected chi connectivity index (χ4v) is 4.37. The van der Waals surface area contributed by atoms with Crippen molar-refractivity contribution in [3.63, 3.8) is 0 Å². The number of carbonyl (C=O) groups is 2. The van der Waals surface area contributed by atoms with E-state index in [0.717, 1.165) is 22.2 Å². The maximum Gasteiger partial charge on any atom is 0.353 e. The molecule has 1 aromatic rings. The number of anilines is 1. The van der Waals surface area contributed by atoms with E-state index in [4.69, 9.17) is 21.7 Å². The van der Waals surface area contributed by atoms with Gasteiger partial charge in [0.15, 0.2) is 5.11 Å². The Kier molecular flexibility index (Phi) is 5.69. The summed E-state index contributed by atoms with van der Waals surface area (Å²) < 4.78 is 10.5. The number of morpholine rings is 1. The van der Waals surface area contributed by atoms with E-state index in [1.54, 1.807) is 6.92 Å². The lowest BCUT2D eigenvalue weighted by atomic mass is 10.2. The summed E-state index contributed by atoms with van der Waals surface area (Å²) in [4.78, 5) is 26.7. The lowest BCUT2D eigenvalue weighted by Gasteiger charge is -2.38. The highest BCUT2D eigenvalue weighted by atomic mass is 32.2. The molecule has 2 N–H and O–H groups in total. The van der Waals surface area contributed by atoms with Gasteiger partial charge in [-0.2, -0.15) is 0 Å². The number of benzene rings is 1. The first kappa shape index (κ1) is 18.9. The number of nitrogens with zero attached hydrogens (tertiary/aromatic N) is 1. The molecule has 2 aliphatic rings. The van der Waals surface area contributed by atoms with E-state index in [-0.39, 0.29) is 6.61 Å². The molecule has 0 aromatic heterocycles. The predicted molar refractivity (Wildman–Crippen MR) is 103 cm³/mol. The van der Waals surface area contributed by atoms with Gasteiger partial charge in [0.25, 0.3) is 10.8 Å². The van der Waals surface area contributed by atoms with Crippen LogP contribution in [-0.2, 0) is 19.1 Å². The van der Waals surface area contributed by atoms with Crippen molar-refractivity contribution in [1.82, 2.24) is 10.2 Å². The Bertz CT molecular complexity index is 737. The first-order valence-electron chi connectivity index (χ1n) is 8.39. The van der Waals surface area contributed by atoms with Crippen molar-refractivity contribution in [3.8, 4) is 0 Å². The van der Waals surface area contributed by atoms with Gasteiger partial charge in [0.2, 0.25) is 0 Å². The fraction of sp³-hybridized carbons (Fsp3) is 0.471. The molecular formula is C17H21N3O4S2. The monoisotopic (exact) mass is 395 g/mol. The van der Waals surface area contributed by atoms with Gasteiger partial charge >= 0.3 is 5.97 Å². The molecule has 1 fully saturated rings. The average molecular weight is 396 g/mol. The zero-order valence-corrected chi connectivity index (χ0v) is 16.3. The van der Waals surface area contributed by atoms with Crippen LogP contribution in [0.4, 0.5) is 5.69 Å². The van der Waals surface area contributed by atoms with Crippen LogP contribution in [0.15, 0.2) is 23.1 Å². The molecule has 3 rings (SSSR count). The van der Waals surface area contributed by atoms with E-state index >= 15 is 0 Å². The average Bonchev–Trinajstić information content (AvgIpc) is 2.63. The second-order valence-electron chi connectivity index (χ2n) is 5.99. The van der Waals surface area contributed by atoms with Crippen molar-refractivity contribution >= 4 is 46.7 Å². The first-order valence-corrected chi connectivity index (χ1v) is 9.62. The van der Waals surface area contributed by atoms with Gasteiger partial charge in [0.1, 0.15) is 0 Å². The van der Waals surface area contributed by atoms with Crippen LogP contribution in [0.3, 0.4) is 0 Å². The smallest absolute Gasteiger partial charge is 0.353 e. The lowest BCUT2D eigenvalue weighted by molar-refractivity contribution is -0.149. The summed E-state index contributed by atoms with van der Waals surface area (Å²) in [6.45, 7) is 6.14. The maximum absolute atomic E-state index is 12.9. The molecular weight excluding hydrogens is 374 g/mol. The standard InChI is InChI=1S/C17H21N3O4S2/c1-3-24-15(22)17(19-16(25)20-6-8-23-9-7-20)14(21)18-12-5-4-11(2)10-13(12)26-17/h4-5,10H,3,6-9H2,1-2H3,(H,18,21)(H,19,25)/t17-/m1/s1. The topological polar surface area (TPSA) is 79.9 Å². The molecule has 9 heteroatoms. The number of hydrogen-bond acceptors (Lipinski definition) is 6. The summed E-state index contributed by atoms with van der Waals surface area (Å²) in [6.07, 6.45) is 0. The van der Waals surface area contributed by atoms with E-state index in [2.05, 4.69) is 10.6 Å². The Morgan fingerprint density at radius 3 is 2.88 bits per heavy atom. The molecule has 0 radical (unpaired) electrons. The molecule has 2 heterocycles. The van der Waals surface area contributed by atoms with E-state index in [1.165, 1.54) is 0 Å². The van der Waals surface area contributed by atoms with E-state index in [1.807, 2.05) is 30.0 Å². The highest BCUT2D eigenvalue weighted by Gasteiger charge is 2.53. The number of rotatable bonds is 3. The number of amides is 1. The van der Waals surface area contributed by atoms with Gasteiger partial charge in [-0.3, -0.25) is 4.79 Å². The fourth-order valence-electron chi connectivity index (χ4n) is 2.74. The van der Waals surface area contributed by atoms with E-state index in [9.17, 15) is 9.59 Å². The number of esters is 1. The minimum atomic E-state index is -1.66. The zero-order valence-electron chi connectivity index (χ0n) is 14.7. The number of thioether (sulfide) groups is 1. The second kappa shape index (κ2) is 7.81. The van der Waals surface area contributed by atoms with Gasteiger partial charge in [-0.05, 0) is 43.8 Å². The van der Waals surface area contributed by atoms with E-state index < -0.39 is 16.7 Å². The molecule has 0 bridgehead atoms. The van der Waals surface area contributed by atoms with E-state index in [0.29, 0.717) is 37.1 Å². The summed E-state index contributed by atoms with van der Waals surface area (Å²) in [5.41, 5.74) is 1.70. The van der Waals surface area contributed by atoms with Crippen molar-refractivity contribution in [2.24, 2.45) is 0 Å². The number of fused-ring (bicyclic) bond motifs is 1. The molecule has 0 saturated carbocycles. The molecule has 7 nitrogen and oxygen atoms in total.